The van der Waals surface area contributed by atoms with Gasteiger partial charge >= 0.3 is 0 Å². The Labute approximate surface area is 88.5 Å². The average molecular weight is 258 g/mol. The monoisotopic (exact) mass is 257 g/mol. The Hall–Kier alpha value is -0.680. The van der Waals surface area contributed by atoms with Gasteiger partial charge < -0.3 is 0 Å². The zero-order valence-corrected chi connectivity index (χ0v) is 9.25. The van der Waals surface area contributed by atoms with E-state index in [0.717, 1.165) is 17.6 Å². The Morgan fingerprint density at radius 2 is 2.46 bits per heavy atom. The van der Waals surface area contributed by atoms with Gasteiger partial charge in [-0.05, 0) is 11.4 Å². The van der Waals surface area contributed by atoms with E-state index in [1.165, 1.54) is 4.88 Å². The fourth-order valence-corrected chi connectivity index (χ4v) is 1.99. The molecule has 2 aromatic rings. The van der Waals surface area contributed by atoms with E-state index < -0.39 is 0 Å². The topological polar surface area (TPSA) is 30.7 Å². The molecule has 0 fully saturated rings. The van der Waals surface area contributed by atoms with Crippen molar-refractivity contribution in [3.63, 3.8) is 0 Å². The number of nitrogens with zero attached hydrogens (tertiary/aromatic N) is 3. The van der Waals surface area contributed by atoms with E-state index in [1.807, 2.05) is 16.9 Å². The molecule has 0 unspecified atom stereocenters. The smallest absolute Gasteiger partial charge is 0.0932 e. The summed E-state index contributed by atoms with van der Waals surface area (Å²) in [7, 11) is 0. The highest BCUT2D eigenvalue weighted by Gasteiger charge is 1.99. The second-order valence-electron chi connectivity index (χ2n) is 2.62. The number of halogens is 1. The van der Waals surface area contributed by atoms with Crippen molar-refractivity contribution in [3.8, 4) is 0 Å². The van der Waals surface area contributed by atoms with Gasteiger partial charge in [0.2, 0.25) is 0 Å². The van der Waals surface area contributed by atoms with E-state index in [9.17, 15) is 0 Å². The molecule has 0 aliphatic carbocycles. The molecule has 0 atom stereocenters. The summed E-state index contributed by atoms with van der Waals surface area (Å²) in [6.07, 6.45) is 1.95. The third kappa shape index (κ3) is 2.16. The van der Waals surface area contributed by atoms with Crippen molar-refractivity contribution in [2.75, 3.05) is 0 Å². The highest BCUT2D eigenvalue weighted by molar-refractivity contribution is 9.08. The SMILES string of the molecule is BrCc1cn(Cc2cccs2)nn1. The summed E-state index contributed by atoms with van der Waals surface area (Å²) in [6.45, 7) is 0.817. The van der Waals surface area contributed by atoms with Crippen LogP contribution in [-0.2, 0) is 11.9 Å². The predicted molar refractivity (Wildman–Crippen MR) is 56.1 cm³/mol. The van der Waals surface area contributed by atoms with Gasteiger partial charge in [0.15, 0.2) is 0 Å². The van der Waals surface area contributed by atoms with E-state index in [2.05, 4.69) is 37.7 Å². The molecule has 2 heterocycles. The van der Waals surface area contributed by atoms with Crippen LogP contribution in [0.25, 0.3) is 0 Å². The normalized spacial score (nSPS) is 10.5. The molecule has 0 radical (unpaired) electrons. The first-order valence-electron chi connectivity index (χ1n) is 3.86. The fourth-order valence-electron chi connectivity index (χ4n) is 1.04. The van der Waals surface area contributed by atoms with E-state index in [1.54, 1.807) is 11.3 Å². The van der Waals surface area contributed by atoms with Gasteiger partial charge in [0.05, 0.1) is 12.2 Å². The molecule has 3 nitrogen and oxygen atoms in total. The van der Waals surface area contributed by atoms with Crippen molar-refractivity contribution >= 4 is 27.3 Å². The number of hydrogen-bond donors (Lipinski definition) is 0. The molecule has 0 aliphatic heterocycles. The third-order valence-electron chi connectivity index (χ3n) is 1.62. The lowest BCUT2D eigenvalue weighted by Gasteiger charge is -1.94. The first-order chi connectivity index (χ1) is 6.38. The molecule has 13 heavy (non-hydrogen) atoms. The largest absolute Gasteiger partial charge is 0.247 e. The van der Waals surface area contributed by atoms with Crippen molar-refractivity contribution in [1.82, 2.24) is 15.0 Å². The van der Waals surface area contributed by atoms with Crippen LogP contribution in [0, 0.1) is 0 Å². The summed E-state index contributed by atoms with van der Waals surface area (Å²) < 4.78 is 1.85. The van der Waals surface area contributed by atoms with Crippen molar-refractivity contribution in [2.45, 2.75) is 11.9 Å². The first kappa shape index (κ1) is 8.90. The van der Waals surface area contributed by atoms with Gasteiger partial charge in [-0.1, -0.05) is 27.2 Å². The molecule has 2 rings (SSSR count). The Bertz CT molecular complexity index is 368. The standard InChI is InChI=1S/C8H8BrN3S/c9-4-7-5-12(11-10-7)6-8-2-1-3-13-8/h1-3,5H,4,6H2. The minimum Gasteiger partial charge on any atom is -0.247 e. The summed E-state index contributed by atoms with van der Waals surface area (Å²) >= 11 is 5.07. The van der Waals surface area contributed by atoms with Gasteiger partial charge in [-0.2, -0.15) is 0 Å². The van der Waals surface area contributed by atoms with Gasteiger partial charge in [0.25, 0.3) is 0 Å². The Balaban J connectivity index is 2.10. The van der Waals surface area contributed by atoms with Crippen LogP contribution in [0.15, 0.2) is 23.7 Å². The van der Waals surface area contributed by atoms with E-state index in [4.69, 9.17) is 0 Å². The first-order valence-corrected chi connectivity index (χ1v) is 5.86. The maximum Gasteiger partial charge on any atom is 0.0932 e. The second-order valence-corrected chi connectivity index (χ2v) is 4.21. The van der Waals surface area contributed by atoms with Gasteiger partial charge in [-0.3, -0.25) is 0 Å². The minimum atomic E-state index is 0.761. The summed E-state index contributed by atoms with van der Waals surface area (Å²) in [5.41, 5.74) is 0.969. The molecule has 68 valence electrons. The lowest BCUT2D eigenvalue weighted by Crippen LogP contribution is -1.97. The maximum atomic E-state index is 4.01. The number of rotatable bonds is 3. The molecular weight excluding hydrogens is 250 g/mol. The number of thiophene rings is 1. The lowest BCUT2D eigenvalue weighted by atomic mass is 10.4. The maximum absolute atomic E-state index is 4.01. The highest BCUT2D eigenvalue weighted by atomic mass is 79.9. The van der Waals surface area contributed by atoms with Gasteiger partial charge in [0.1, 0.15) is 0 Å². The van der Waals surface area contributed by atoms with Gasteiger partial charge in [0, 0.05) is 16.4 Å². The van der Waals surface area contributed by atoms with Gasteiger partial charge in [-0.15, -0.1) is 16.4 Å². The quantitative estimate of drug-likeness (QED) is 0.791. The molecule has 0 aromatic carbocycles. The number of alkyl halides is 1. The molecule has 0 saturated carbocycles. The predicted octanol–water partition coefficient (Wildman–Crippen LogP) is 2.28. The molecule has 0 saturated heterocycles. The van der Waals surface area contributed by atoms with Crippen LogP contribution in [-0.4, -0.2) is 15.0 Å². The molecular formula is C8H8BrN3S. The molecule has 5 heteroatoms. The van der Waals surface area contributed by atoms with Crippen LogP contribution >= 0.6 is 27.3 Å². The van der Waals surface area contributed by atoms with Crippen molar-refractivity contribution < 1.29 is 0 Å². The van der Waals surface area contributed by atoms with E-state index in [-0.39, 0.29) is 0 Å². The van der Waals surface area contributed by atoms with Crippen LogP contribution < -0.4 is 0 Å². The zero-order valence-electron chi connectivity index (χ0n) is 6.85. The fraction of sp³-hybridized carbons (Fsp3) is 0.250. The highest BCUT2D eigenvalue weighted by Crippen LogP contribution is 2.10. The van der Waals surface area contributed by atoms with Crippen molar-refractivity contribution in [3.05, 3.63) is 34.3 Å². The van der Waals surface area contributed by atoms with E-state index >= 15 is 0 Å². The van der Waals surface area contributed by atoms with Crippen LogP contribution in [0.4, 0.5) is 0 Å². The number of hydrogen-bond acceptors (Lipinski definition) is 3. The Kier molecular flexibility index (Phi) is 2.75. The van der Waals surface area contributed by atoms with Crippen molar-refractivity contribution in [1.29, 1.82) is 0 Å². The summed E-state index contributed by atoms with van der Waals surface area (Å²) in [5, 5.41) is 10.8. The molecule has 0 N–H and O–H groups in total. The van der Waals surface area contributed by atoms with Crippen LogP contribution in [0.1, 0.15) is 10.6 Å². The van der Waals surface area contributed by atoms with Gasteiger partial charge in [-0.25, -0.2) is 4.68 Å². The third-order valence-corrected chi connectivity index (χ3v) is 3.06. The molecule has 2 aromatic heterocycles. The number of aromatic nitrogens is 3. The summed E-state index contributed by atoms with van der Waals surface area (Å²) in [4.78, 5) is 1.30. The van der Waals surface area contributed by atoms with Crippen LogP contribution in [0.2, 0.25) is 0 Å². The van der Waals surface area contributed by atoms with Crippen molar-refractivity contribution in [2.24, 2.45) is 0 Å². The van der Waals surface area contributed by atoms with Crippen LogP contribution in [0.5, 0.6) is 0 Å². The zero-order chi connectivity index (χ0) is 9.10. The van der Waals surface area contributed by atoms with Crippen LogP contribution in [0.3, 0.4) is 0 Å². The summed E-state index contributed by atoms with van der Waals surface area (Å²) in [5.74, 6) is 0. The second kappa shape index (κ2) is 4.02. The molecule has 0 amide bonds. The molecule has 0 aliphatic rings. The molecule has 0 spiro atoms. The Morgan fingerprint density at radius 3 is 3.08 bits per heavy atom. The lowest BCUT2D eigenvalue weighted by molar-refractivity contribution is 0.655. The summed E-state index contributed by atoms with van der Waals surface area (Å²) in [6, 6.07) is 4.14. The minimum absolute atomic E-state index is 0.761. The molecule has 0 bridgehead atoms. The Morgan fingerprint density at radius 1 is 1.54 bits per heavy atom. The average Bonchev–Trinajstić information content (AvgIpc) is 2.76. The van der Waals surface area contributed by atoms with E-state index in [0.29, 0.717) is 0 Å².